The number of hydrogen-bond donors (Lipinski definition) is 1. The molecule has 5 nitrogen and oxygen atoms in total. The van der Waals surface area contributed by atoms with Gasteiger partial charge in [0.05, 0.1) is 18.3 Å². The van der Waals surface area contributed by atoms with Crippen LogP contribution >= 0.6 is 0 Å². The maximum Gasteiger partial charge on any atom is 0.257 e. The van der Waals surface area contributed by atoms with Gasteiger partial charge in [0.2, 0.25) is 0 Å². The minimum absolute atomic E-state index is 0.0406. The van der Waals surface area contributed by atoms with Crippen molar-refractivity contribution in [1.29, 1.82) is 0 Å². The molecule has 1 atom stereocenters. The smallest absolute Gasteiger partial charge is 0.257 e. The standard InChI is InChI=1S/C15H16N2O3/c1-9-14(10(2)20-17-9)15(18)16-12-7-8-19-13-6-4-3-5-11(12)13/h3-6,12H,7-8H2,1-2H3,(H,16,18). The van der Waals surface area contributed by atoms with Crippen molar-refractivity contribution in [3.8, 4) is 5.75 Å². The summed E-state index contributed by atoms with van der Waals surface area (Å²) < 4.78 is 10.6. The Hall–Kier alpha value is -2.30. The zero-order valence-corrected chi connectivity index (χ0v) is 11.5. The summed E-state index contributed by atoms with van der Waals surface area (Å²) in [6.07, 6.45) is 0.756. The maximum absolute atomic E-state index is 12.4. The van der Waals surface area contributed by atoms with Gasteiger partial charge in [0.15, 0.2) is 0 Å². The highest BCUT2D eigenvalue weighted by atomic mass is 16.5. The van der Waals surface area contributed by atoms with E-state index in [4.69, 9.17) is 9.26 Å². The van der Waals surface area contributed by atoms with E-state index in [9.17, 15) is 4.79 Å². The lowest BCUT2D eigenvalue weighted by Crippen LogP contribution is -2.32. The van der Waals surface area contributed by atoms with Gasteiger partial charge in [0.25, 0.3) is 5.91 Å². The molecule has 0 bridgehead atoms. The minimum atomic E-state index is -0.150. The summed E-state index contributed by atoms with van der Waals surface area (Å²) in [5, 5.41) is 6.85. The van der Waals surface area contributed by atoms with Crippen molar-refractivity contribution in [2.45, 2.75) is 26.3 Å². The Bertz CT molecular complexity index is 629. The van der Waals surface area contributed by atoms with E-state index in [1.807, 2.05) is 24.3 Å². The Kier molecular flexibility index (Phi) is 3.18. The molecule has 2 aromatic rings. The van der Waals surface area contributed by atoms with E-state index >= 15 is 0 Å². The molecule has 104 valence electrons. The number of nitrogens with one attached hydrogen (secondary N) is 1. The first kappa shape index (κ1) is 12.7. The second kappa shape index (κ2) is 5.00. The number of amides is 1. The molecule has 1 aliphatic heterocycles. The predicted octanol–water partition coefficient (Wildman–Crippen LogP) is 2.55. The van der Waals surface area contributed by atoms with Crippen molar-refractivity contribution < 1.29 is 14.1 Å². The maximum atomic E-state index is 12.4. The van der Waals surface area contributed by atoms with E-state index in [2.05, 4.69) is 10.5 Å². The van der Waals surface area contributed by atoms with E-state index in [0.29, 0.717) is 23.6 Å². The van der Waals surface area contributed by atoms with Crippen molar-refractivity contribution in [1.82, 2.24) is 10.5 Å². The normalized spacial score (nSPS) is 17.2. The third-order valence-electron chi connectivity index (χ3n) is 3.52. The van der Waals surface area contributed by atoms with Gasteiger partial charge in [-0.05, 0) is 19.9 Å². The molecule has 2 heterocycles. The van der Waals surface area contributed by atoms with E-state index < -0.39 is 0 Å². The number of aryl methyl sites for hydroxylation is 2. The monoisotopic (exact) mass is 272 g/mol. The van der Waals surface area contributed by atoms with Crippen LogP contribution in [0.4, 0.5) is 0 Å². The number of fused-ring (bicyclic) bond motifs is 1. The van der Waals surface area contributed by atoms with Crippen molar-refractivity contribution in [2.75, 3.05) is 6.61 Å². The highest BCUT2D eigenvalue weighted by molar-refractivity contribution is 5.96. The molecule has 0 aliphatic carbocycles. The molecule has 20 heavy (non-hydrogen) atoms. The van der Waals surface area contributed by atoms with Crippen molar-refractivity contribution >= 4 is 5.91 Å². The second-order valence-electron chi connectivity index (χ2n) is 4.90. The predicted molar refractivity (Wildman–Crippen MR) is 72.7 cm³/mol. The molecule has 5 heteroatoms. The van der Waals surface area contributed by atoms with Crippen molar-refractivity contribution in [2.24, 2.45) is 0 Å². The number of ether oxygens (including phenoxy) is 1. The summed E-state index contributed by atoms with van der Waals surface area (Å²) >= 11 is 0. The summed E-state index contributed by atoms with van der Waals surface area (Å²) in [6.45, 7) is 4.11. The van der Waals surface area contributed by atoms with Crippen LogP contribution in [-0.2, 0) is 0 Å². The Morgan fingerprint density at radius 1 is 1.35 bits per heavy atom. The summed E-state index contributed by atoms with van der Waals surface area (Å²) in [5.74, 6) is 1.23. The lowest BCUT2D eigenvalue weighted by atomic mass is 10.00. The van der Waals surface area contributed by atoms with Crippen LogP contribution in [0.25, 0.3) is 0 Å². The van der Waals surface area contributed by atoms with Gasteiger partial charge in [-0.2, -0.15) is 0 Å². The van der Waals surface area contributed by atoms with Crippen LogP contribution in [0.3, 0.4) is 0 Å². The van der Waals surface area contributed by atoms with Crippen LogP contribution in [0.15, 0.2) is 28.8 Å². The lowest BCUT2D eigenvalue weighted by molar-refractivity contribution is 0.0922. The molecular weight excluding hydrogens is 256 g/mol. The molecule has 1 aromatic heterocycles. The molecule has 0 radical (unpaired) electrons. The van der Waals surface area contributed by atoms with Crippen LogP contribution in [-0.4, -0.2) is 17.7 Å². The van der Waals surface area contributed by atoms with Crippen molar-refractivity contribution in [3.63, 3.8) is 0 Å². The van der Waals surface area contributed by atoms with Crippen LogP contribution in [0.1, 0.15) is 39.8 Å². The Balaban J connectivity index is 1.84. The van der Waals surface area contributed by atoms with Crippen molar-refractivity contribution in [3.05, 3.63) is 46.8 Å². The van der Waals surface area contributed by atoms with Gasteiger partial charge in [-0.15, -0.1) is 0 Å². The molecule has 1 N–H and O–H groups in total. The molecule has 1 aromatic carbocycles. The van der Waals surface area contributed by atoms with Gasteiger partial charge in [-0.1, -0.05) is 23.4 Å². The van der Waals surface area contributed by atoms with Gasteiger partial charge < -0.3 is 14.6 Å². The fourth-order valence-electron chi connectivity index (χ4n) is 2.53. The molecule has 0 saturated heterocycles. The quantitative estimate of drug-likeness (QED) is 0.912. The van der Waals surface area contributed by atoms with Gasteiger partial charge >= 0.3 is 0 Å². The number of benzene rings is 1. The topological polar surface area (TPSA) is 64.4 Å². The van der Waals surface area contributed by atoms with E-state index in [0.717, 1.165) is 17.7 Å². The van der Waals surface area contributed by atoms with E-state index in [1.54, 1.807) is 13.8 Å². The zero-order valence-electron chi connectivity index (χ0n) is 11.5. The molecule has 0 fully saturated rings. The summed E-state index contributed by atoms with van der Waals surface area (Å²) in [7, 11) is 0. The number of rotatable bonds is 2. The first-order valence-corrected chi connectivity index (χ1v) is 6.62. The highest BCUT2D eigenvalue weighted by Gasteiger charge is 2.25. The molecule has 1 amide bonds. The SMILES string of the molecule is Cc1noc(C)c1C(=O)NC1CCOc2ccccc21. The number of carbonyl (C=O) groups excluding carboxylic acids is 1. The van der Waals surface area contributed by atoms with Gasteiger partial charge in [0.1, 0.15) is 17.1 Å². The fourth-order valence-corrected chi connectivity index (χ4v) is 2.53. The Morgan fingerprint density at radius 2 is 2.15 bits per heavy atom. The van der Waals surface area contributed by atoms with Crippen LogP contribution in [0, 0.1) is 13.8 Å². The molecule has 0 saturated carbocycles. The second-order valence-corrected chi connectivity index (χ2v) is 4.90. The number of hydrogen-bond acceptors (Lipinski definition) is 4. The summed E-state index contributed by atoms with van der Waals surface area (Å²) in [6, 6.07) is 7.73. The lowest BCUT2D eigenvalue weighted by Gasteiger charge is -2.26. The number of nitrogens with zero attached hydrogens (tertiary/aromatic N) is 1. The van der Waals surface area contributed by atoms with Crippen LogP contribution in [0.2, 0.25) is 0 Å². The van der Waals surface area contributed by atoms with E-state index in [-0.39, 0.29) is 11.9 Å². The summed E-state index contributed by atoms with van der Waals surface area (Å²) in [4.78, 5) is 12.4. The minimum Gasteiger partial charge on any atom is -0.493 e. The number of carbonyl (C=O) groups is 1. The average molecular weight is 272 g/mol. The summed E-state index contributed by atoms with van der Waals surface area (Å²) in [5.41, 5.74) is 2.15. The first-order chi connectivity index (χ1) is 9.66. The molecule has 0 spiro atoms. The molecule has 1 unspecified atom stereocenters. The van der Waals surface area contributed by atoms with Crippen LogP contribution in [0.5, 0.6) is 5.75 Å². The van der Waals surface area contributed by atoms with E-state index in [1.165, 1.54) is 0 Å². The van der Waals surface area contributed by atoms with Gasteiger partial charge in [0, 0.05) is 12.0 Å². The van der Waals surface area contributed by atoms with Gasteiger partial charge in [-0.25, -0.2) is 0 Å². The largest absolute Gasteiger partial charge is 0.493 e. The third kappa shape index (κ3) is 2.15. The molecule has 3 rings (SSSR count). The zero-order chi connectivity index (χ0) is 14.1. The molecule has 1 aliphatic rings. The fraction of sp³-hybridized carbons (Fsp3) is 0.333. The Labute approximate surface area is 116 Å². The molecular formula is C15H16N2O3. The third-order valence-corrected chi connectivity index (χ3v) is 3.52. The van der Waals surface area contributed by atoms with Crippen LogP contribution < -0.4 is 10.1 Å². The highest BCUT2D eigenvalue weighted by Crippen LogP contribution is 2.31. The average Bonchev–Trinajstić information content (AvgIpc) is 2.78. The first-order valence-electron chi connectivity index (χ1n) is 6.62. The number of aromatic nitrogens is 1. The Morgan fingerprint density at radius 3 is 2.90 bits per heavy atom. The van der Waals surface area contributed by atoms with Gasteiger partial charge in [-0.3, -0.25) is 4.79 Å². The number of para-hydroxylation sites is 1.